The van der Waals surface area contributed by atoms with Gasteiger partial charge in [-0.2, -0.15) is 5.48 Å². The topological polar surface area (TPSA) is 151 Å². The minimum atomic E-state index is -4.27. The molecule has 5 N–H and O–H groups in total. The van der Waals surface area contributed by atoms with Crippen LogP contribution in [0, 0.1) is 12.8 Å². The molecule has 1 aromatic carbocycles. The van der Waals surface area contributed by atoms with E-state index < -0.39 is 40.6 Å². The number of sulfonamides is 1. The van der Waals surface area contributed by atoms with Crippen LogP contribution in [0.25, 0.3) is 0 Å². The van der Waals surface area contributed by atoms with Crippen LogP contribution in [0.3, 0.4) is 0 Å². The summed E-state index contributed by atoms with van der Waals surface area (Å²) in [4.78, 5) is 29.8. The molecule has 0 unspecified atom stereocenters. The lowest BCUT2D eigenvalue weighted by atomic mass is 9.90. The van der Waals surface area contributed by atoms with Gasteiger partial charge in [-0.25, -0.2) is 12.7 Å². The number of carbonyl (C=O) groups excluding carboxylic acids is 1. The summed E-state index contributed by atoms with van der Waals surface area (Å²) in [5.74, 6) is -1.44. The summed E-state index contributed by atoms with van der Waals surface area (Å²) in [5.41, 5.74) is 9.42. The van der Waals surface area contributed by atoms with E-state index in [4.69, 9.17) is 10.6 Å². The van der Waals surface area contributed by atoms with Crippen molar-refractivity contribution in [2.24, 2.45) is 11.7 Å². The maximum Gasteiger partial charge on any atom is 0.322 e. The van der Waals surface area contributed by atoms with Crippen molar-refractivity contribution in [2.75, 3.05) is 19.6 Å². The molecular weight excluding hydrogens is 448 g/mol. The molecule has 1 aromatic rings. The van der Waals surface area contributed by atoms with Gasteiger partial charge in [-0.15, -0.1) is 0 Å². The lowest BCUT2D eigenvalue weighted by Crippen LogP contribution is -2.48. The first-order chi connectivity index (χ1) is 15.7. The van der Waals surface area contributed by atoms with Crippen molar-refractivity contribution in [2.45, 2.75) is 68.5 Å². The van der Waals surface area contributed by atoms with Crippen LogP contribution in [0.1, 0.15) is 44.1 Å². The number of carbonyl (C=O) groups is 2. The van der Waals surface area contributed by atoms with Crippen molar-refractivity contribution >= 4 is 21.9 Å². The zero-order valence-corrected chi connectivity index (χ0v) is 19.7. The Morgan fingerprint density at radius 1 is 1.21 bits per heavy atom. The fourth-order valence-corrected chi connectivity index (χ4v) is 5.67. The average molecular weight is 483 g/mol. The Balaban J connectivity index is 1.63. The molecule has 11 heteroatoms. The fraction of sp³-hybridized carbons (Fsp3) is 0.636. The Labute approximate surface area is 194 Å². The Morgan fingerprint density at radius 2 is 1.88 bits per heavy atom. The standard InChI is InChI=1S/C22H34N4O6S/c1-15-2-6-19(7-3-15)33(30,31)26(14-20(23)22(28)29)21(27)13-18-12-17(25-32-18)5-4-16-8-10-24-11-9-16/h2-3,6-7,16-18,20,24-25H,4-5,8-14,23H2,1H3,(H,28,29)/t17-,18+,20-/m0/s1. The molecule has 3 rings (SSSR count). The molecule has 2 saturated heterocycles. The first-order valence-electron chi connectivity index (χ1n) is 11.4. The molecule has 1 amide bonds. The quantitative estimate of drug-likeness (QED) is 0.379. The molecule has 3 atom stereocenters. The predicted molar refractivity (Wildman–Crippen MR) is 122 cm³/mol. The molecule has 0 spiro atoms. The maximum atomic E-state index is 13.2. The number of nitrogens with zero attached hydrogens (tertiary/aromatic N) is 1. The van der Waals surface area contributed by atoms with Gasteiger partial charge < -0.3 is 16.2 Å². The SMILES string of the molecule is Cc1ccc(S(=O)(=O)N(C[C@H](N)C(=O)O)C(=O)C[C@H]2C[C@H](CCC3CCNCC3)NO2)cc1. The molecule has 10 nitrogen and oxygen atoms in total. The maximum absolute atomic E-state index is 13.2. The third-order valence-electron chi connectivity index (χ3n) is 6.30. The number of hydrogen-bond donors (Lipinski definition) is 4. The zero-order valence-electron chi connectivity index (χ0n) is 18.9. The second-order valence-electron chi connectivity index (χ2n) is 8.95. The number of benzene rings is 1. The second kappa shape index (κ2) is 11.4. The number of piperidine rings is 1. The Bertz CT molecular complexity index is 917. The highest BCUT2D eigenvalue weighted by molar-refractivity contribution is 7.89. The Kier molecular flexibility index (Phi) is 8.82. The second-order valence-corrected chi connectivity index (χ2v) is 10.8. The van der Waals surface area contributed by atoms with E-state index in [1.54, 1.807) is 12.1 Å². The molecule has 0 bridgehead atoms. The van der Waals surface area contributed by atoms with Gasteiger partial charge in [-0.1, -0.05) is 17.7 Å². The largest absolute Gasteiger partial charge is 0.480 e. The molecule has 0 radical (unpaired) electrons. The van der Waals surface area contributed by atoms with Crippen molar-refractivity contribution < 1.29 is 28.0 Å². The number of hydroxylamine groups is 1. The predicted octanol–water partition coefficient (Wildman–Crippen LogP) is 0.756. The van der Waals surface area contributed by atoms with Gasteiger partial charge >= 0.3 is 5.97 Å². The number of rotatable bonds is 10. The summed E-state index contributed by atoms with van der Waals surface area (Å²) in [6, 6.07) is 4.58. The van der Waals surface area contributed by atoms with Gasteiger partial charge in [-0.05, 0) is 70.2 Å². The number of hydrogen-bond acceptors (Lipinski definition) is 8. The smallest absolute Gasteiger partial charge is 0.322 e. The van der Waals surface area contributed by atoms with Gasteiger partial charge in [-0.3, -0.25) is 14.4 Å². The van der Waals surface area contributed by atoms with Gasteiger partial charge in [0.2, 0.25) is 5.91 Å². The van der Waals surface area contributed by atoms with Crippen LogP contribution in [0.15, 0.2) is 29.2 Å². The number of carboxylic acids is 1. The summed E-state index contributed by atoms with van der Waals surface area (Å²) in [7, 11) is -4.27. The summed E-state index contributed by atoms with van der Waals surface area (Å²) in [6.45, 7) is 3.25. The molecule has 184 valence electrons. The molecule has 2 fully saturated rings. The highest BCUT2D eigenvalue weighted by Crippen LogP contribution is 2.25. The monoisotopic (exact) mass is 482 g/mol. The van der Waals surface area contributed by atoms with E-state index in [-0.39, 0.29) is 17.4 Å². The molecule has 0 aliphatic carbocycles. The molecule has 0 saturated carbocycles. The van der Waals surface area contributed by atoms with E-state index >= 15 is 0 Å². The minimum absolute atomic E-state index is 0.0932. The molecule has 33 heavy (non-hydrogen) atoms. The van der Waals surface area contributed by atoms with Gasteiger partial charge in [0.15, 0.2) is 0 Å². The third-order valence-corrected chi connectivity index (χ3v) is 8.10. The number of amides is 1. The van der Waals surface area contributed by atoms with Crippen molar-refractivity contribution in [3.63, 3.8) is 0 Å². The van der Waals surface area contributed by atoms with Crippen molar-refractivity contribution in [1.29, 1.82) is 0 Å². The van der Waals surface area contributed by atoms with Gasteiger partial charge in [0.25, 0.3) is 10.0 Å². The molecular formula is C22H34N4O6S. The highest BCUT2D eigenvalue weighted by Gasteiger charge is 2.36. The molecule has 2 aliphatic rings. The van der Waals surface area contributed by atoms with E-state index in [2.05, 4.69) is 10.8 Å². The van der Waals surface area contributed by atoms with Crippen LogP contribution in [-0.2, 0) is 24.4 Å². The van der Waals surface area contributed by atoms with Crippen LogP contribution in [0.5, 0.6) is 0 Å². The van der Waals surface area contributed by atoms with Crippen LogP contribution in [0.4, 0.5) is 0 Å². The average Bonchev–Trinajstić information content (AvgIpc) is 3.23. The van der Waals surface area contributed by atoms with Gasteiger partial charge in [0, 0.05) is 6.04 Å². The fourth-order valence-electron chi connectivity index (χ4n) is 4.24. The first-order valence-corrected chi connectivity index (χ1v) is 12.8. The van der Waals surface area contributed by atoms with E-state index in [0.717, 1.165) is 44.3 Å². The Hall–Kier alpha value is -2.05. The van der Waals surface area contributed by atoms with Gasteiger partial charge in [0.05, 0.1) is 24.0 Å². The lowest BCUT2D eigenvalue weighted by Gasteiger charge is -2.25. The third kappa shape index (κ3) is 6.97. The molecule has 2 aliphatic heterocycles. The van der Waals surface area contributed by atoms with E-state index in [0.29, 0.717) is 16.6 Å². The zero-order chi connectivity index (χ0) is 24.0. The number of aryl methyl sites for hydroxylation is 1. The highest BCUT2D eigenvalue weighted by atomic mass is 32.2. The summed E-state index contributed by atoms with van der Waals surface area (Å²) < 4.78 is 26.9. The molecule has 0 aromatic heterocycles. The van der Waals surface area contributed by atoms with Crippen LogP contribution >= 0.6 is 0 Å². The lowest BCUT2D eigenvalue weighted by molar-refractivity contribution is -0.139. The summed E-state index contributed by atoms with van der Waals surface area (Å²) in [5, 5.41) is 12.5. The van der Waals surface area contributed by atoms with E-state index in [1.807, 2.05) is 6.92 Å². The van der Waals surface area contributed by atoms with Crippen molar-refractivity contribution in [3.8, 4) is 0 Å². The van der Waals surface area contributed by atoms with Crippen LogP contribution < -0.4 is 16.5 Å². The van der Waals surface area contributed by atoms with Crippen LogP contribution in [0.2, 0.25) is 0 Å². The minimum Gasteiger partial charge on any atom is -0.480 e. The first kappa shape index (κ1) is 25.6. The van der Waals surface area contributed by atoms with Crippen molar-refractivity contribution in [3.05, 3.63) is 29.8 Å². The Morgan fingerprint density at radius 3 is 2.52 bits per heavy atom. The number of nitrogens with two attached hydrogens (primary N) is 1. The van der Waals surface area contributed by atoms with Crippen molar-refractivity contribution in [1.82, 2.24) is 15.1 Å². The molecule has 2 heterocycles. The number of carboxylic acid groups (broad SMARTS) is 1. The van der Waals surface area contributed by atoms with Gasteiger partial charge in [0.1, 0.15) is 6.04 Å². The normalized spacial score (nSPS) is 22.7. The number of nitrogens with one attached hydrogen (secondary N) is 2. The summed E-state index contributed by atoms with van der Waals surface area (Å²) in [6.07, 6.45) is 4.22. The van der Waals surface area contributed by atoms with E-state index in [1.165, 1.54) is 12.1 Å². The van der Waals surface area contributed by atoms with Crippen LogP contribution in [-0.4, -0.2) is 67.5 Å². The van der Waals surface area contributed by atoms with E-state index in [9.17, 15) is 23.1 Å². The summed E-state index contributed by atoms with van der Waals surface area (Å²) >= 11 is 0. The number of aliphatic carboxylic acids is 1.